The lowest BCUT2D eigenvalue weighted by Crippen LogP contribution is -2.42. The molecular formula is C7H12F3NO. The summed E-state index contributed by atoms with van der Waals surface area (Å²) in [7, 11) is 0. The molecule has 0 aliphatic heterocycles. The summed E-state index contributed by atoms with van der Waals surface area (Å²) >= 11 is 0. The Balaban J connectivity index is 2.39. The Morgan fingerprint density at radius 2 is 1.75 bits per heavy atom. The number of hydrogen-bond donors (Lipinski definition) is 1. The SMILES string of the molecule is N[C@@H]1CCCC[C@@H]1OC(F)(F)F. The van der Waals surface area contributed by atoms with E-state index in [0.717, 1.165) is 12.8 Å². The second kappa shape index (κ2) is 3.62. The van der Waals surface area contributed by atoms with Crippen LogP contribution in [0.2, 0.25) is 0 Å². The average molecular weight is 183 g/mol. The molecule has 1 saturated carbocycles. The van der Waals surface area contributed by atoms with Crippen molar-refractivity contribution in [1.29, 1.82) is 0 Å². The molecule has 2 nitrogen and oxygen atoms in total. The third-order valence-corrected chi connectivity index (χ3v) is 2.04. The predicted octanol–water partition coefficient (Wildman–Crippen LogP) is 1.79. The minimum atomic E-state index is -4.54. The zero-order chi connectivity index (χ0) is 9.19. The lowest BCUT2D eigenvalue weighted by Gasteiger charge is -2.28. The van der Waals surface area contributed by atoms with Gasteiger partial charge in [-0.05, 0) is 12.8 Å². The van der Waals surface area contributed by atoms with E-state index in [4.69, 9.17) is 5.73 Å². The molecule has 72 valence electrons. The van der Waals surface area contributed by atoms with Crippen LogP contribution in [0.4, 0.5) is 13.2 Å². The molecule has 1 fully saturated rings. The first-order chi connectivity index (χ1) is 5.49. The summed E-state index contributed by atoms with van der Waals surface area (Å²) in [6, 6.07) is -0.458. The molecule has 0 amide bonds. The highest BCUT2D eigenvalue weighted by Crippen LogP contribution is 2.26. The summed E-state index contributed by atoms with van der Waals surface area (Å²) in [6.45, 7) is 0. The maximum Gasteiger partial charge on any atom is 0.522 e. The Kier molecular flexibility index (Phi) is 2.95. The lowest BCUT2D eigenvalue weighted by molar-refractivity contribution is -0.346. The Morgan fingerprint density at radius 1 is 1.17 bits per heavy atom. The van der Waals surface area contributed by atoms with Crippen molar-refractivity contribution >= 4 is 0 Å². The summed E-state index contributed by atoms with van der Waals surface area (Å²) in [6.07, 6.45) is -2.66. The van der Waals surface area contributed by atoms with Crippen LogP contribution in [-0.4, -0.2) is 18.5 Å². The molecule has 0 bridgehead atoms. The second-order valence-electron chi connectivity index (χ2n) is 3.05. The van der Waals surface area contributed by atoms with Crippen LogP contribution in [-0.2, 0) is 4.74 Å². The van der Waals surface area contributed by atoms with E-state index >= 15 is 0 Å². The van der Waals surface area contributed by atoms with Gasteiger partial charge in [0.1, 0.15) is 0 Å². The second-order valence-corrected chi connectivity index (χ2v) is 3.05. The Labute approximate surface area is 68.9 Å². The molecule has 0 spiro atoms. The smallest absolute Gasteiger partial charge is 0.325 e. The highest BCUT2D eigenvalue weighted by molar-refractivity contribution is 4.78. The van der Waals surface area contributed by atoms with Crippen LogP contribution in [0.1, 0.15) is 25.7 Å². The van der Waals surface area contributed by atoms with Crippen LogP contribution >= 0.6 is 0 Å². The van der Waals surface area contributed by atoms with E-state index in [1.165, 1.54) is 0 Å². The van der Waals surface area contributed by atoms with E-state index < -0.39 is 18.5 Å². The summed E-state index contributed by atoms with van der Waals surface area (Å²) in [4.78, 5) is 0. The van der Waals surface area contributed by atoms with Crippen molar-refractivity contribution in [3.8, 4) is 0 Å². The van der Waals surface area contributed by atoms with Crippen LogP contribution in [0.3, 0.4) is 0 Å². The van der Waals surface area contributed by atoms with Gasteiger partial charge in [-0.1, -0.05) is 12.8 Å². The molecule has 1 rings (SSSR count). The summed E-state index contributed by atoms with van der Waals surface area (Å²) < 4.78 is 39.1. The minimum Gasteiger partial charge on any atom is -0.325 e. The standard InChI is InChI=1S/C7H12F3NO/c8-7(9,10)12-6-4-2-1-3-5(6)11/h5-6H,1-4,11H2/t5-,6+/m1/s1. The minimum absolute atomic E-state index is 0.417. The fourth-order valence-electron chi connectivity index (χ4n) is 1.44. The molecular weight excluding hydrogens is 171 g/mol. The molecule has 5 heteroatoms. The van der Waals surface area contributed by atoms with Gasteiger partial charge in [-0.3, -0.25) is 4.74 Å². The number of halogens is 3. The van der Waals surface area contributed by atoms with Crippen molar-refractivity contribution in [2.24, 2.45) is 5.73 Å². The number of alkyl halides is 3. The Hall–Kier alpha value is -0.290. The summed E-state index contributed by atoms with van der Waals surface area (Å²) in [5, 5.41) is 0. The molecule has 0 aromatic rings. The number of hydrogen-bond acceptors (Lipinski definition) is 2. The van der Waals surface area contributed by atoms with Crippen molar-refractivity contribution in [3.63, 3.8) is 0 Å². The van der Waals surface area contributed by atoms with Gasteiger partial charge in [-0.2, -0.15) is 0 Å². The molecule has 0 saturated heterocycles. The van der Waals surface area contributed by atoms with Gasteiger partial charge in [0.05, 0.1) is 6.10 Å². The van der Waals surface area contributed by atoms with Gasteiger partial charge >= 0.3 is 6.36 Å². The van der Waals surface area contributed by atoms with Gasteiger partial charge in [0.15, 0.2) is 0 Å². The maximum absolute atomic E-state index is 11.7. The topological polar surface area (TPSA) is 35.2 Å². The summed E-state index contributed by atoms with van der Waals surface area (Å²) in [5.74, 6) is 0. The van der Waals surface area contributed by atoms with Crippen LogP contribution in [0, 0.1) is 0 Å². The van der Waals surface area contributed by atoms with Crippen LogP contribution < -0.4 is 5.73 Å². The van der Waals surface area contributed by atoms with Crippen LogP contribution in [0.15, 0.2) is 0 Å². The molecule has 0 heterocycles. The fourth-order valence-corrected chi connectivity index (χ4v) is 1.44. The molecule has 2 N–H and O–H groups in total. The van der Waals surface area contributed by atoms with Crippen molar-refractivity contribution in [1.82, 2.24) is 0 Å². The van der Waals surface area contributed by atoms with E-state index in [0.29, 0.717) is 12.8 Å². The largest absolute Gasteiger partial charge is 0.522 e. The number of ether oxygens (including phenoxy) is 1. The van der Waals surface area contributed by atoms with E-state index in [2.05, 4.69) is 4.74 Å². The molecule has 1 aliphatic carbocycles. The predicted molar refractivity (Wildman–Crippen MR) is 37.4 cm³/mol. The Bertz CT molecular complexity index is 148. The monoisotopic (exact) mass is 183 g/mol. The molecule has 0 radical (unpaired) electrons. The Morgan fingerprint density at radius 3 is 2.25 bits per heavy atom. The first-order valence-corrected chi connectivity index (χ1v) is 3.99. The van der Waals surface area contributed by atoms with Crippen LogP contribution in [0.25, 0.3) is 0 Å². The maximum atomic E-state index is 11.7. The molecule has 0 unspecified atom stereocenters. The van der Waals surface area contributed by atoms with Crippen molar-refractivity contribution < 1.29 is 17.9 Å². The normalized spacial score (nSPS) is 32.0. The van der Waals surface area contributed by atoms with Gasteiger partial charge < -0.3 is 5.73 Å². The van der Waals surface area contributed by atoms with E-state index in [1.54, 1.807) is 0 Å². The fraction of sp³-hybridized carbons (Fsp3) is 1.00. The van der Waals surface area contributed by atoms with Crippen molar-refractivity contribution in [3.05, 3.63) is 0 Å². The lowest BCUT2D eigenvalue weighted by atomic mass is 9.93. The average Bonchev–Trinajstić information content (AvgIpc) is 1.91. The van der Waals surface area contributed by atoms with E-state index in [-0.39, 0.29) is 0 Å². The zero-order valence-corrected chi connectivity index (χ0v) is 6.60. The third-order valence-electron chi connectivity index (χ3n) is 2.04. The van der Waals surface area contributed by atoms with Crippen molar-refractivity contribution in [2.75, 3.05) is 0 Å². The highest BCUT2D eigenvalue weighted by atomic mass is 19.4. The van der Waals surface area contributed by atoms with E-state index in [9.17, 15) is 13.2 Å². The molecule has 1 aliphatic rings. The first-order valence-electron chi connectivity index (χ1n) is 3.99. The highest BCUT2D eigenvalue weighted by Gasteiger charge is 2.36. The molecule has 12 heavy (non-hydrogen) atoms. The molecule has 2 atom stereocenters. The molecule has 0 aromatic heterocycles. The van der Waals surface area contributed by atoms with Crippen molar-refractivity contribution in [2.45, 2.75) is 44.2 Å². The number of rotatable bonds is 1. The molecule has 0 aromatic carbocycles. The quantitative estimate of drug-likeness (QED) is 0.672. The summed E-state index contributed by atoms with van der Waals surface area (Å²) in [5.41, 5.74) is 5.46. The van der Waals surface area contributed by atoms with Crippen LogP contribution in [0.5, 0.6) is 0 Å². The van der Waals surface area contributed by atoms with Gasteiger partial charge in [0, 0.05) is 6.04 Å². The van der Waals surface area contributed by atoms with Gasteiger partial charge in [0.2, 0.25) is 0 Å². The van der Waals surface area contributed by atoms with Gasteiger partial charge in [0.25, 0.3) is 0 Å². The van der Waals surface area contributed by atoms with E-state index in [1.807, 2.05) is 0 Å². The zero-order valence-electron chi connectivity index (χ0n) is 6.60. The van der Waals surface area contributed by atoms with Gasteiger partial charge in [-0.15, -0.1) is 13.2 Å². The third kappa shape index (κ3) is 2.98. The first kappa shape index (κ1) is 9.80. The number of nitrogens with two attached hydrogens (primary N) is 1. The van der Waals surface area contributed by atoms with Gasteiger partial charge in [-0.25, -0.2) is 0 Å².